The Labute approximate surface area is 187 Å². The van der Waals surface area contributed by atoms with Gasteiger partial charge in [-0.1, -0.05) is 0 Å². The van der Waals surface area contributed by atoms with Crippen LogP contribution in [0.4, 0.5) is 0 Å². The van der Waals surface area contributed by atoms with Gasteiger partial charge in [-0.15, -0.1) is 0 Å². The second kappa shape index (κ2) is 8.80. The molecule has 2 aromatic carbocycles. The zero-order valence-electron chi connectivity index (χ0n) is 19.4. The van der Waals surface area contributed by atoms with Gasteiger partial charge in [-0.2, -0.15) is 0 Å². The summed E-state index contributed by atoms with van der Waals surface area (Å²) in [4.78, 5) is 0. The molecule has 2 aromatic rings. The first kappa shape index (κ1) is 23.0. The van der Waals surface area contributed by atoms with E-state index in [0.29, 0.717) is 3.34 Å². The zero-order chi connectivity index (χ0) is 21.4. The molecule has 0 nitrogen and oxygen atoms in total. The molecule has 3 rings (SSSR count). The van der Waals surface area contributed by atoms with Gasteiger partial charge in [0.2, 0.25) is 0 Å². The van der Waals surface area contributed by atoms with Crippen molar-refractivity contribution in [1.29, 1.82) is 0 Å². The molecule has 0 unspecified atom stereocenters. The van der Waals surface area contributed by atoms with E-state index in [1.807, 2.05) is 0 Å². The van der Waals surface area contributed by atoms with Crippen LogP contribution in [0.15, 0.2) is 83.0 Å². The SMILES string of the molecule is CC1=C(C)[C]([Ti]([CH3])[CH3])([Si](C)(C)CP(c2ccccc2)c2ccccc2)C(C)=C1C. The quantitative estimate of drug-likeness (QED) is 0.313. The van der Waals surface area contributed by atoms with Gasteiger partial charge in [0.1, 0.15) is 0 Å². The molecule has 0 saturated heterocycles. The van der Waals surface area contributed by atoms with Crippen molar-refractivity contribution >= 4 is 26.6 Å². The second-order valence-electron chi connectivity index (χ2n) is 9.39. The van der Waals surface area contributed by atoms with Gasteiger partial charge in [-0.05, 0) is 0 Å². The van der Waals surface area contributed by atoms with Crippen LogP contribution >= 0.6 is 7.92 Å². The predicted octanol–water partition coefficient (Wildman–Crippen LogP) is 7.47. The maximum absolute atomic E-state index is 2.70. The van der Waals surface area contributed by atoms with Gasteiger partial charge in [0.05, 0.1) is 0 Å². The standard InChI is InChI=1S/C24H30PSi.2CH3.Ti/c1-18-19(2)21(4)24(20(18)3)26(5,6)17-25(22-13-9-7-10-14-22)23-15-11-8-12-16-23;;;/h7-16H,17H2,1-6H3;2*1H3;. The molecule has 0 radical (unpaired) electrons. The molecule has 0 N–H and O–H groups in total. The Balaban J connectivity index is 2.14. The summed E-state index contributed by atoms with van der Waals surface area (Å²) in [5.74, 6) is 1.36. The summed E-state index contributed by atoms with van der Waals surface area (Å²) in [7, 11) is -1.97. The van der Waals surface area contributed by atoms with Gasteiger partial charge >= 0.3 is 188 Å². The molecule has 0 heterocycles. The van der Waals surface area contributed by atoms with Crippen LogP contribution in [-0.2, 0) is 17.9 Å². The van der Waals surface area contributed by atoms with Gasteiger partial charge in [-0.25, -0.2) is 0 Å². The van der Waals surface area contributed by atoms with Crippen molar-refractivity contribution in [3.05, 3.63) is 83.0 Å². The molecular weight excluding hydrogens is 419 g/mol. The van der Waals surface area contributed by atoms with Gasteiger partial charge in [0, 0.05) is 0 Å². The van der Waals surface area contributed by atoms with E-state index >= 15 is 0 Å². The maximum atomic E-state index is 2.70. The second-order valence-corrected chi connectivity index (χ2v) is 22.1. The van der Waals surface area contributed by atoms with E-state index in [9.17, 15) is 0 Å². The van der Waals surface area contributed by atoms with Gasteiger partial charge < -0.3 is 0 Å². The zero-order valence-corrected chi connectivity index (χ0v) is 22.9. The van der Waals surface area contributed by atoms with Crippen LogP contribution in [0.1, 0.15) is 27.7 Å². The first-order valence-electron chi connectivity index (χ1n) is 10.7. The predicted molar refractivity (Wildman–Crippen MR) is 133 cm³/mol. The van der Waals surface area contributed by atoms with E-state index in [4.69, 9.17) is 0 Å². The van der Waals surface area contributed by atoms with E-state index in [-0.39, 0.29) is 7.92 Å². The van der Waals surface area contributed by atoms with E-state index < -0.39 is 25.9 Å². The van der Waals surface area contributed by atoms with Gasteiger partial charge in [0.15, 0.2) is 0 Å². The van der Waals surface area contributed by atoms with Crippen LogP contribution in [0.5, 0.6) is 0 Å². The average Bonchev–Trinajstić information content (AvgIpc) is 2.89. The molecule has 29 heavy (non-hydrogen) atoms. The average molecular weight is 456 g/mol. The van der Waals surface area contributed by atoms with Crippen LogP contribution in [0.3, 0.4) is 0 Å². The van der Waals surface area contributed by atoms with Crippen molar-refractivity contribution in [3.63, 3.8) is 0 Å². The normalized spacial score (nSPS) is 16.7. The topological polar surface area (TPSA) is 0 Å². The van der Waals surface area contributed by atoms with E-state index in [1.165, 1.54) is 16.4 Å². The Morgan fingerprint density at radius 2 is 1.10 bits per heavy atom. The Morgan fingerprint density at radius 3 is 1.45 bits per heavy atom. The molecule has 0 spiro atoms. The monoisotopic (exact) mass is 455 g/mol. The third kappa shape index (κ3) is 3.85. The molecule has 0 bridgehead atoms. The van der Waals surface area contributed by atoms with Crippen LogP contribution in [0, 0.1) is 0 Å². The van der Waals surface area contributed by atoms with Crippen LogP contribution in [-0.4, -0.2) is 13.9 Å². The summed E-state index contributed by atoms with van der Waals surface area (Å²) in [6.45, 7) is 15.1. The summed E-state index contributed by atoms with van der Waals surface area (Å²) in [6.07, 6.45) is 0. The third-order valence-electron chi connectivity index (χ3n) is 7.27. The van der Waals surface area contributed by atoms with Crippen molar-refractivity contribution in [2.24, 2.45) is 0 Å². The summed E-state index contributed by atoms with van der Waals surface area (Å²) < 4.78 is 0.422. The minimum absolute atomic E-state index is 0.335. The van der Waals surface area contributed by atoms with E-state index in [0.717, 1.165) is 0 Å². The van der Waals surface area contributed by atoms with Gasteiger partial charge in [-0.3, -0.25) is 0 Å². The molecule has 0 atom stereocenters. The minimum atomic E-state index is -1.63. The molecule has 0 amide bonds. The molecule has 1 aliphatic rings. The van der Waals surface area contributed by atoms with Crippen molar-refractivity contribution < 1.29 is 17.9 Å². The molecule has 0 saturated carbocycles. The molecule has 1 aliphatic carbocycles. The fourth-order valence-electron chi connectivity index (χ4n) is 5.91. The fraction of sp³-hybridized carbons (Fsp3) is 0.385. The number of hydrogen-bond acceptors (Lipinski definition) is 0. The Kier molecular flexibility index (Phi) is 6.96. The van der Waals surface area contributed by atoms with Crippen molar-refractivity contribution in [2.75, 3.05) is 5.79 Å². The van der Waals surface area contributed by atoms with Crippen LogP contribution < -0.4 is 10.6 Å². The van der Waals surface area contributed by atoms with Crippen LogP contribution in [0.2, 0.25) is 26.9 Å². The Hall–Kier alpha value is -0.719. The van der Waals surface area contributed by atoms with E-state index in [2.05, 4.69) is 112 Å². The van der Waals surface area contributed by atoms with Crippen molar-refractivity contribution in [2.45, 2.75) is 54.6 Å². The molecule has 3 heteroatoms. The van der Waals surface area contributed by atoms with E-state index in [1.54, 1.807) is 22.3 Å². The molecule has 0 aliphatic heterocycles. The molecule has 0 aromatic heterocycles. The van der Waals surface area contributed by atoms with Gasteiger partial charge in [0.25, 0.3) is 0 Å². The fourth-order valence-corrected chi connectivity index (χ4v) is 27.0. The van der Waals surface area contributed by atoms with Crippen molar-refractivity contribution in [1.82, 2.24) is 0 Å². The summed E-state index contributed by atoms with van der Waals surface area (Å²) in [6, 6.07) is 22.6. The Morgan fingerprint density at radius 1 is 0.724 bits per heavy atom. The molecule has 153 valence electrons. The first-order chi connectivity index (χ1) is 13.6. The molecular formula is C26H36PSiTi. The first-order valence-corrected chi connectivity index (χ1v) is 19.3. The number of allylic oxidation sites excluding steroid dienone is 4. The summed E-state index contributed by atoms with van der Waals surface area (Å²) >= 11 is -1.29. The number of rotatable bonds is 6. The number of benzene rings is 2. The number of hydrogen-bond donors (Lipinski definition) is 0. The van der Waals surface area contributed by atoms with Crippen molar-refractivity contribution in [3.8, 4) is 0 Å². The molecule has 0 fully saturated rings. The summed E-state index contributed by atoms with van der Waals surface area (Å²) in [5.41, 5.74) is 6.61. The Bertz CT molecular complexity index is 862. The summed E-state index contributed by atoms with van der Waals surface area (Å²) in [5, 5.41) is 8.32. The third-order valence-corrected chi connectivity index (χ3v) is 25.1. The van der Waals surface area contributed by atoms with Crippen LogP contribution in [0.25, 0.3) is 0 Å².